The van der Waals surface area contributed by atoms with Crippen LogP contribution in [0.25, 0.3) is 0 Å². The van der Waals surface area contributed by atoms with Crippen molar-refractivity contribution in [3.05, 3.63) is 29.3 Å². The van der Waals surface area contributed by atoms with E-state index in [2.05, 4.69) is 44.3 Å². The van der Waals surface area contributed by atoms with Crippen molar-refractivity contribution in [3.63, 3.8) is 0 Å². The molecule has 1 aromatic rings. The van der Waals surface area contributed by atoms with E-state index in [1.807, 2.05) is 0 Å². The lowest BCUT2D eigenvalue weighted by Gasteiger charge is -2.27. The van der Waals surface area contributed by atoms with Crippen LogP contribution in [0.2, 0.25) is 0 Å². The zero-order valence-electron chi connectivity index (χ0n) is 13.4. The Morgan fingerprint density at radius 1 is 1.33 bits per heavy atom. The summed E-state index contributed by atoms with van der Waals surface area (Å²) < 4.78 is 11.6. The standard InChI is InChI=1S/C18H27NO2/c1-4-8-19-18(16-7-9-20-13(16)3)14-5-6-17-15(11-14)10-12(2)21-17/h5-6,11-13,16,18-19H,4,7-10H2,1-3H3. The second kappa shape index (κ2) is 6.37. The maximum Gasteiger partial charge on any atom is 0.123 e. The van der Waals surface area contributed by atoms with Gasteiger partial charge in [-0.1, -0.05) is 19.1 Å². The third-order valence-electron chi connectivity index (χ3n) is 4.76. The van der Waals surface area contributed by atoms with Gasteiger partial charge in [0.15, 0.2) is 0 Å². The van der Waals surface area contributed by atoms with Crippen LogP contribution >= 0.6 is 0 Å². The molecule has 3 rings (SSSR count). The van der Waals surface area contributed by atoms with Gasteiger partial charge in [0, 0.05) is 25.0 Å². The maximum atomic E-state index is 5.82. The fourth-order valence-corrected chi connectivity index (χ4v) is 3.64. The van der Waals surface area contributed by atoms with Gasteiger partial charge in [0.1, 0.15) is 11.9 Å². The quantitative estimate of drug-likeness (QED) is 0.900. The monoisotopic (exact) mass is 289 g/mol. The lowest BCUT2D eigenvalue weighted by Crippen LogP contribution is -2.32. The van der Waals surface area contributed by atoms with Gasteiger partial charge >= 0.3 is 0 Å². The molecule has 116 valence electrons. The molecule has 0 spiro atoms. The van der Waals surface area contributed by atoms with E-state index in [0.29, 0.717) is 24.2 Å². The van der Waals surface area contributed by atoms with Gasteiger partial charge in [0.25, 0.3) is 0 Å². The van der Waals surface area contributed by atoms with Crippen LogP contribution in [0.4, 0.5) is 0 Å². The molecule has 3 heteroatoms. The summed E-state index contributed by atoms with van der Waals surface area (Å²) in [6.45, 7) is 8.51. The molecule has 0 aliphatic carbocycles. The van der Waals surface area contributed by atoms with Crippen LogP contribution in [0.15, 0.2) is 18.2 Å². The van der Waals surface area contributed by atoms with Crippen molar-refractivity contribution in [2.75, 3.05) is 13.2 Å². The van der Waals surface area contributed by atoms with Gasteiger partial charge in [0.05, 0.1) is 6.10 Å². The van der Waals surface area contributed by atoms with Gasteiger partial charge in [-0.3, -0.25) is 0 Å². The Labute approximate surface area is 128 Å². The highest BCUT2D eigenvalue weighted by Gasteiger charge is 2.33. The summed E-state index contributed by atoms with van der Waals surface area (Å²) >= 11 is 0. The molecule has 0 amide bonds. The molecule has 0 aromatic heterocycles. The van der Waals surface area contributed by atoms with E-state index >= 15 is 0 Å². The summed E-state index contributed by atoms with van der Waals surface area (Å²) in [5, 5.41) is 3.74. The van der Waals surface area contributed by atoms with Crippen molar-refractivity contribution in [1.29, 1.82) is 0 Å². The van der Waals surface area contributed by atoms with Gasteiger partial charge in [-0.25, -0.2) is 0 Å². The second-order valence-corrected chi connectivity index (χ2v) is 6.46. The van der Waals surface area contributed by atoms with Crippen LogP contribution in [0.3, 0.4) is 0 Å². The first-order chi connectivity index (χ1) is 10.2. The first kappa shape index (κ1) is 14.9. The summed E-state index contributed by atoms with van der Waals surface area (Å²) in [4.78, 5) is 0. The van der Waals surface area contributed by atoms with E-state index < -0.39 is 0 Å². The lowest BCUT2D eigenvalue weighted by atomic mass is 9.87. The maximum absolute atomic E-state index is 5.82. The normalized spacial score (nSPS) is 29.2. The summed E-state index contributed by atoms with van der Waals surface area (Å²) in [6, 6.07) is 7.12. The van der Waals surface area contributed by atoms with Gasteiger partial charge in [-0.05, 0) is 50.4 Å². The predicted molar refractivity (Wildman–Crippen MR) is 84.8 cm³/mol. The summed E-state index contributed by atoms with van der Waals surface area (Å²) in [7, 11) is 0. The average molecular weight is 289 g/mol. The smallest absolute Gasteiger partial charge is 0.123 e. The fourth-order valence-electron chi connectivity index (χ4n) is 3.64. The minimum Gasteiger partial charge on any atom is -0.490 e. The van der Waals surface area contributed by atoms with E-state index in [0.717, 1.165) is 38.2 Å². The van der Waals surface area contributed by atoms with Crippen molar-refractivity contribution >= 4 is 0 Å². The fraction of sp³-hybridized carbons (Fsp3) is 0.667. The molecule has 2 heterocycles. The Bertz CT molecular complexity index is 488. The number of hydrogen-bond donors (Lipinski definition) is 1. The molecule has 1 fully saturated rings. The highest BCUT2D eigenvalue weighted by atomic mass is 16.5. The zero-order valence-corrected chi connectivity index (χ0v) is 13.4. The van der Waals surface area contributed by atoms with E-state index in [1.165, 1.54) is 11.1 Å². The molecule has 0 radical (unpaired) electrons. The number of fused-ring (bicyclic) bond motifs is 1. The van der Waals surface area contributed by atoms with E-state index in [9.17, 15) is 0 Å². The number of rotatable bonds is 5. The van der Waals surface area contributed by atoms with E-state index in [1.54, 1.807) is 0 Å². The molecule has 2 aliphatic rings. The van der Waals surface area contributed by atoms with Crippen molar-refractivity contribution in [1.82, 2.24) is 5.32 Å². The number of hydrogen-bond acceptors (Lipinski definition) is 3. The van der Waals surface area contributed by atoms with Gasteiger partial charge in [-0.2, -0.15) is 0 Å². The second-order valence-electron chi connectivity index (χ2n) is 6.46. The van der Waals surface area contributed by atoms with Crippen LogP contribution in [-0.2, 0) is 11.2 Å². The predicted octanol–water partition coefficient (Wildman–Crippen LogP) is 3.48. The molecular formula is C18H27NO2. The van der Waals surface area contributed by atoms with Gasteiger partial charge < -0.3 is 14.8 Å². The topological polar surface area (TPSA) is 30.5 Å². The third kappa shape index (κ3) is 3.09. The minimum absolute atomic E-state index is 0.311. The third-order valence-corrected chi connectivity index (χ3v) is 4.76. The largest absolute Gasteiger partial charge is 0.490 e. The molecule has 4 unspecified atom stereocenters. The van der Waals surface area contributed by atoms with Crippen LogP contribution in [0, 0.1) is 5.92 Å². The van der Waals surface area contributed by atoms with Crippen LogP contribution in [0.5, 0.6) is 5.75 Å². The first-order valence-electron chi connectivity index (χ1n) is 8.33. The summed E-state index contributed by atoms with van der Waals surface area (Å²) in [6.07, 6.45) is 3.98. The van der Waals surface area contributed by atoms with Crippen LogP contribution < -0.4 is 10.1 Å². The zero-order chi connectivity index (χ0) is 14.8. The SMILES string of the molecule is CCCNC(c1ccc2c(c1)CC(C)O2)C1CCOC1C. The summed E-state index contributed by atoms with van der Waals surface area (Å²) in [5.74, 6) is 1.63. The van der Waals surface area contributed by atoms with Crippen LogP contribution in [-0.4, -0.2) is 25.4 Å². The Balaban J connectivity index is 1.84. The van der Waals surface area contributed by atoms with Crippen LogP contribution in [0.1, 0.15) is 50.8 Å². The molecule has 4 atom stereocenters. The molecule has 3 nitrogen and oxygen atoms in total. The molecule has 1 saturated heterocycles. The minimum atomic E-state index is 0.311. The van der Waals surface area contributed by atoms with Gasteiger partial charge in [0.2, 0.25) is 0 Å². The molecule has 1 aromatic carbocycles. The van der Waals surface area contributed by atoms with E-state index in [-0.39, 0.29) is 0 Å². The molecule has 1 N–H and O–H groups in total. The molecule has 0 saturated carbocycles. The first-order valence-corrected chi connectivity index (χ1v) is 8.33. The lowest BCUT2D eigenvalue weighted by molar-refractivity contribution is 0.0953. The van der Waals surface area contributed by atoms with Crippen molar-refractivity contribution < 1.29 is 9.47 Å². The highest BCUT2D eigenvalue weighted by Crippen LogP contribution is 2.37. The highest BCUT2D eigenvalue weighted by molar-refractivity contribution is 5.41. The van der Waals surface area contributed by atoms with Crippen molar-refractivity contribution in [2.45, 2.75) is 58.3 Å². The molecule has 2 aliphatic heterocycles. The average Bonchev–Trinajstić information content (AvgIpc) is 3.04. The molecular weight excluding hydrogens is 262 g/mol. The van der Waals surface area contributed by atoms with Crippen molar-refractivity contribution in [3.8, 4) is 5.75 Å². The molecule has 0 bridgehead atoms. The number of benzene rings is 1. The Kier molecular flexibility index (Phi) is 4.51. The Morgan fingerprint density at radius 2 is 2.19 bits per heavy atom. The number of ether oxygens (including phenoxy) is 2. The summed E-state index contributed by atoms with van der Waals surface area (Å²) in [5.41, 5.74) is 2.75. The van der Waals surface area contributed by atoms with Crippen molar-refractivity contribution in [2.24, 2.45) is 5.92 Å². The number of nitrogens with one attached hydrogen (secondary N) is 1. The van der Waals surface area contributed by atoms with Gasteiger partial charge in [-0.15, -0.1) is 0 Å². The van der Waals surface area contributed by atoms with E-state index in [4.69, 9.17) is 9.47 Å². The Morgan fingerprint density at radius 3 is 2.90 bits per heavy atom. The molecule has 21 heavy (non-hydrogen) atoms. The Hall–Kier alpha value is -1.06.